The maximum absolute atomic E-state index is 13.8. The van der Waals surface area contributed by atoms with E-state index in [4.69, 9.17) is 23.7 Å². The van der Waals surface area contributed by atoms with E-state index in [1.54, 1.807) is 81.5 Å². The maximum atomic E-state index is 13.8. The molecule has 544 valence electrons. The summed E-state index contributed by atoms with van der Waals surface area (Å²) in [7, 11) is 2.77. The number of unbranched alkanes of at least 4 members (excludes halogenated alkanes) is 18. The number of Topliss-reactive ketones (excluding diaryl/α,β-unsaturated/α-hetero) is 2. The summed E-state index contributed by atoms with van der Waals surface area (Å²) in [5.41, 5.74) is -4.46. The number of aliphatic carboxylic acids is 3. The number of benzene rings is 2. The molecule has 0 unspecified atom stereocenters. The quantitative estimate of drug-likeness (QED) is 0.0184. The summed E-state index contributed by atoms with van der Waals surface area (Å²) in [5, 5.41) is 57.8. The fourth-order valence-electron chi connectivity index (χ4n) is 10.5. The van der Waals surface area contributed by atoms with E-state index in [1.165, 1.54) is 64.9 Å². The van der Waals surface area contributed by atoms with Crippen LogP contribution in [0.15, 0.2) is 72.8 Å². The normalized spacial score (nSPS) is 14.1. The molecule has 0 saturated heterocycles. The van der Waals surface area contributed by atoms with Crippen LogP contribution in [0.25, 0.3) is 0 Å². The van der Waals surface area contributed by atoms with E-state index in [9.17, 15) is 63.9 Å². The van der Waals surface area contributed by atoms with E-state index < -0.39 is 76.4 Å². The molecule has 20 heteroatoms. The predicted molar refractivity (Wildman–Crippen MR) is 374 cm³/mol. The monoisotopic (exact) mass is 1350 g/mol. The predicted octanol–water partition coefficient (Wildman–Crippen LogP) is 13.8. The summed E-state index contributed by atoms with van der Waals surface area (Å²) >= 11 is 0. The Morgan fingerprint density at radius 2 is 0.781 bits per heavy atom. The van der Waals surface area contributed by atoms with E-state index in [-0.39, 0.29) is 38.9 Å². The van der Waals surface area contributed by atoms with Gasteiger partial charge in [-0.15, -0.1) is 0 Å². The number of methoxy groups -OCH3 is 2. The van der Waals surface area contributed by atoms with Gasteiger partial charge in [0.1, 0.15) is 40.8 Å². The maximum Gasteiger partial charge on any atom is 0.339 e. The number of hydrogen-bond donors (Lipinski definition) is 7. The number of ketones is 2. The number of allylic oxidation sites excluding steroid dienone is 2. The SMILES string of the molecule is CCCCCCCC(=O)CCCCCC/C=C/[C@H](C(=O)N[C@@H](Cc1ccc(OCCCC)cc1)C(=O)O)[C@@](O)(CCOC)C(=O)O.CCCCCCCC(=O)CCCCCC/C=C/[C@H](C(=O)N[C@@H](Cc1ccc(OCCCC)cc1)C(=O)O)[C@@](O)(CCOC)C(=O)OC(C)(C)C. The molecule has 96 heavy (non-hydrogen) atoms. The molecule has 2 rings (SSSR count). The highest BCUT2D eigenvalue weighted by Gasteiger charge is 2.50. The largest absolute Gasteiger partial charge is 0.494 e. The third-order valence-corrected chi connectivity index (χ3v) is 16.5. The summed E-state index contributed by atoms with van der Waals surface area (Å²) in [6, 6.07) is 11.3. The van der Waals surface area contributed by atoms with Crippen molar-refractivity contribution in [3.8, 4) is 11.5 Å². The number of hydrogen-bond acceptors (Lipinski definition) is 15. The molecule has 0 fully saturated rings. The Balaban J connectivity index is 0.000000963. The Kier molecular flexibility index (Phi) is 47.1. The Hall–Kier alpha value is -6.48. The highest BCUT2D eigenvalue weighted by atomic mass is 16.6. The van der Waals surface area contributed by atoms with Gasteiger partial charge in [-0.05, 0) is 120 Å². The van der Waals surface area contributed by atoms with Crippen LogP contribution in [0.4, 0.5) is 0 Å². The zero-order chi connectivity index (χ0) is 71.6. The molecule has 2 amide bonds. The molecule has 0 radical (unpaired) electrons. The second-order valence-electron chi connectivity index (χ2n) is 26.2. The molecule has 0 aliphatic rings. The van der Waals surface area contributed by atoms with Crippen molar-refractivity contribution < 1.29 is 87.6 Å². The van der Waals surface area contributed by atoms with Crippen LogP contribution in [-0.2, 0) is 65.4 Å². The van der Waals surface area contributed by atoms with Gasteiger partial charge in [0.05, 0.1) is 25.0 Å². The molecule has 0 aliphatic heterocycles. The number of ether oxygens (including phenoxy) is 5. The van der Waals surface area contributed by atoms with Crippen LogP contribution in [0.2, 0.25) is 0 Å². The first-order valence-corrected chi connectivity index (χ1v) is 35.6. The third-order valence-electron chi connectivity index (χ3n) is 16.5. The number of nitrogens with one attached hydrogen (secondary N) is 2. The van der Waals surface area contributed by atoms with Crippen molar-refractivity contribution in [3.63, 3.8) is 0 Å². The van der Waals surface area contributed by atoms with Crippen molar-refractivity contribution in [2.24, 2.45) is 11.8 Å². The summed E-state index contributed by atoms with van der Waals surface area (Å²) in [5.74, 6) is -7.89. The first-order chi connectivity index (χ1) is 45.8. The molecule has 7 N–H and O–H groups in total. The number of carboxylic acid groups (broad SMARTS) is 3. The fraction of sp³-hybridized carbons (Fsp3) is 0.684. The highest BCUT2D eigenvalue weighted by Crippen LogP contribution is 2.30. The fourth-order valence-corrected chi connectivity index (χ4v) is 10.5. The van der Waals surface area contributed by atoms with E-state index in [1.807, 2.05) is 0 Å². The first-order valence-electron chi connectivity index (χ1n) is 35.6. The summed E-state index contributed by atoms with van der Waals surface area (Å²) in [6.45, 7) is 14.5. The van der Waals surface area contributed by atoms with Gasteiger partial charge < -0.3 is 59.9 Å². The number of aliphatic hydroxyl groups is 2. The van der Waals surface area contributed by atoms with Crippen molar-refractivity contribution in [1.82, 2.24) is 10.6 Å². The Morgan fingerprint density at radius 3 is 1.10 bits per heavy atom. The van der Waals surface area contributed by atoms with Crippen molar-refractivity contribution in [2.75, 3.05) is 40.6 Å². The van der Waals surface area contributed by atoms with E-state index in [0.717, 1.165) is 103 Å². The molecule has 0 aliphatic carbocycles. The lowest BCUT2D eigenvalue weighted by molar-refractivity contribution is -0.185. The number of carbonyl (C=O) groups excluding carboxylic acids is 5. The van der Waals surface area contributed by atoms with Crippen LogP contribution in [0, 0.1) is 11.8 Å². The molecule has 0 aromatic heterocycles. The van der Waals surface area contributed by atoms with Gasteiger partial charge in [0.25, 0.3) is 0 Å². The molecule has 0 heterocycles. The third kappa shape index (κ3) is 38.5. The zero-order valence-electron chi connectivity index (χ0n) is 59.7. The number of carboxylic acids is 3. The average molecular weight is 1350 g/mol. The Labute approximate surface area is 573 Å². The van der Waals surface area contributed by atoms with Crippen LogP contribution in [0.5, 0.6) is 11.5 Å². The zero-order valence-corrected chi connectivity index (χ0v) is 59.7. The number of esters is 1. The first kappa shape index (κ1) is 87.5. The van der Waals surface area contributed by atoms with Crippen LogP contribution in [0.1, 0.15) is 252 Å². The van der Waals surface area contributed by atoms with E-state index >= 15 is 0 Å². The molecular weight excluding hydrogens is 1230 g/mol. The van der Waals surface area contributed by atoms with Gasteiger partial charge in [-0.3, -0.25) is 19.2 Å². The lowest BCUT2D eigenvalue weighted by Crippen LogP contribution is -2.56. The van der Waals surface area contributed by atoms with Gasteiger partial charge in [-0.1, -0.05) is 166 Å². The van der Waals surface area contributed by atoms with Crippen molar-refractivity contribution >= 4 is 47.3 Å². The van der Waals surface area contributed by atoms with Crippen molar-refractivity contribution in [2.45, 2.75) is 283 Å². The summed E-state index contributed by atoms with van der Waals surface area (Å²) in [4.78, 5) is 102. The van der Waals surface area contributed by atoms with Gasteiger partial charge in [-0.25, -0.2) is 19.2 Å². The van der Waals surface area contributed by atoms with E-state index in [2.05, 4.69) is 38.3 Å². The number of amides is 2. The van der Waals surface area contributed by atoms with Crippen LogP contribution in [-0.4, -0.2) is 142 Å². The second kappa shape index (κ2) is 51.7. The summed E-state index contributed by atoms with van der Waals surface area (Å²) in [6.07, 6.45) is 31.0. The smallest absolute Gasteiger partial charge is 0.339 e. The molecule has 0 saturated carbocycles. The Morgan fingerprint density at radius 1 is 0.448 bits per heavy atom. The van der Waals surface area contributed by atoms with Crippen LogP contribution < -0.4 is 20.1 Å². The summed E-state index contributed by atoms with van der Waals surface area (Å²) < 4.78 is 27.0. The molecular formula is C76H122N2O18. The highest BCUT2D eigenvalue weighted by molar-refractivity contribution is 5.94. The van der Waals surface area contributed by atoms with Gasteiger partial charge in [-0.2, -0.15) is 0 Å². The Bertz CT molecular complexity index is 2560. The molecule has 20 nitrogen and oxygen atoms in total. The second-order valence-corrected chi connectivity index (χ2v) is 26.2. The molecule has 0 spiro atoms. The van der Waals surface area contributed by atoms with Gasteiger partial charge in [0.15, 0.2) is 11.2 Å². The standard InChI is InChI=1S/C40H65NO9.C36H57NO9/c1-7-9-11-14-17-20-32(42)21-18-15-12-13-16-19-22-34(40(47,27-29-48-6)38(46)50-39(3,4)5)36(43)41-35(37(44)45)30-31-23-25-33(26-24-31)49-28-10-8-2;1-4-6-8-11-14-17-29(38)18-15-12-9-10-13-16-19-31(36(44,35(42)43)24-26-45-3)33(39)37-32(34(40)41)27-28-20-22-30(23-21-28)46-25-7-5-2/h19,22-26,34-35,47H,7-18,20-21,27-30H2,1-6H3,(H,41,43)(H,44,45);16,19-23,31-32,44H,4-15,17-18,24-27H2,1-3H3,(H,37,39)(H,40,41)(H,42,43)/b22-19+;19-16+/t34-,35+,40+;31-,32+,36+/m11/s1. The van der Waals surface area contributed by atoms with Gasteiger partial charge >= 0.3 is 23.9 Å². The molecule has 2 aromatic rings. The van der Waals surface area contributed by atoms with Crippen molar-refractivity contribution in [3.05, 3.63) is 84.0 Å². The molecule has 2 aromatic carbocycles. The minimum atomic E-state index is -2.51. The lowest BCUT2D eigenvalue weighted by Gasteiger charge is -2.34. The average Bonchev–Trinajstić information content (AvgIpc) is 0.812. The minimum Gasteiger partial charge on any atom is -0.494 e. The topological polar surface area (TPSA) is 308 Å². The lowest BCUT2D eigenvalue weighted by atomic mass is 9.82. The number of carbonyl (C=O) groups is 8. The van der Waals surface area contributed by atoms with Crippen LogP contribution in [0.3, 0.4) is 0 Å². The van der Waals surface area contributed by atoms with E-state index in [0.29, 0.717) is 85.9 Å². The molecule has 0 bridgehead atoms. The van der Waals surface area contributed by atoms with Gasteiger partial charge in [0.2, 0.25) is 11.8 Å². The number of rotatable bonds is 56. The van der Waals surface area contributed by atoms with Crippen LogP contribution >= 0.6 is 0 Å². The van der Waals surface area contributed by atoms with Gasteiger partial charge in [0, 0.05) is 78.8 Å². The van der Waals surface area contributed by atoms with Crippen molar-refractivity contribution in [1.29, 1.82) is 0 Å². The minimum absolute atomic E-state index is 0.0168. The molecule has 6 atom stereocenters.